The number of rotatable bonds is 3. The fraction of sp³-hybridized carbons (Fsp3) is 0.615. The summed E-state index contributed by atoms with van der Waals surface area (Å²) in [6.07, 6.45) is 7.75. The van der Waals surface area contributed by atoms with Crippen LogP contribution in [-0.4, -0.2) is 5.25 Å². The van der Waals surface area contributed by atoms with E-state index in [1.54, 1.807) is 6.26 Å². The summed E-state index contributed by atoms with van der Waals surface area (Å²) in [5.74, 6) is 2.16. The maximum Gasteiger partial charge on any atom is 0.113 e. The Morgan fingerprint density at radius 1 is 1.38 bits per heavy atom. The number of hydrogen-bond donors (Lipinski definition) is 0. The maximum absolute atomic E-state index is 9.16. The van der Waals surface area contributed by atoms with Crippen molar-refractivity contribution < 1.29 is 4.42 Å². The number of nitriles is 1. The molecule has 2 nitrogen and oxygen atoms in total. The molecule has 1 aromatic heterocycles. The largest absolute Gasteiger partial charge is 0.468 e. The third-order valence-electron chi connectivity index (χ3n) is 3.14. The van der Waals surface area contributed by atoms with Crippen LogP contribution in [0.3, 0.4) is 0 Å². The van der Waals surface area contributed by atoms with Gasteiger partial charge in [0.05, 0.1) is 24.0 Å². The van der Waals surface area contributed by atoms with Gasteiger partial charge in [0.2, 0.25) is 0 Å². The van der Waals surface area contributed by atoms with Crippen LogP contribution in [0.1, 0.15) is 37.9 Å². The second-order valence-electron chi connectivity index (χ2n) is 4.30. The minimum atomic E-state index is 0.238. The van der Waals surface area contributed by atoms with Gasteiger partial charge in [-0.3, -0.25) is 0 Å². The Morgan fingerprint density at radius 2 is 2.25 bits per heavy atom. The number of nitrogens with zero attached hydrogens (tertiary/aromatic N) is 1. The van der Waals surface area contributed by atoms with Gasteiger partial charge in [0.25, 0.3) is 0 Å². The second-order valence-corrected chi connectivity index (χ2v) is 5.53. The first-order valence-electron chi connectivity index (χ1n) is 5.94. The summed E-state index contributed by atoms with van der Waals surface area (Å²) in [4.78, 5) is 0. The third kappa shape index (κ3) is 3.05. The lowest BCUT2D eigenvalue weighted by atomic mass is 10.0. The molecular weight excluding hydrogens is 218 g/mol. The van der Waals surface area contributed by atoms with Crippen molar-refractivity contribution >= 4 is 11.8 Å². The van der Waals surface area contributed by atoms with Gasteiger partial charge >= 0.3 is 0 Å². The van der Waals surface area contributed by atoms with Gasteiger partial charge in [-0.05, 0) is 25.0 Å². The summed E-state index contributed by atoms with van der Waals surface area (Å²) in [5, 5.41) is 9.65. The summed E-state index contributed by atoms with van der Waals surface area (Å²) >= 11 is 1.88. The zero-order chi connectivity index (χ0) is 11.2. The Hall–Kier alpha value is -0.880. The van der Waals surface area contributed by atoms with Gasteiger partial charge < -0.3 is 4.42 Å². The smallest absolute Gasteiger partial charge is 0.113 e. The average molecular weight is 235 g/mol. The molecule has 3 heteroatoms. The lowest BCUT2D eigenvalue weighted by molar-refractivity contribution is 0.528. The van der Waals surface area contributed by atoms with Gasteiger partial charge in [-0.2, -0.15) is 5.26 Å². The van der Waals surface area contributed by atoms with E-state index in [-0.39, 0.29) is 5.92 Å². The second kappa shape index (κ2) is 6.00. The van der Waals surface area contributed by atoms with Gasteiger partial charge in [-0.15, -0.1) is 11.8 Å². The van der Waals surface area contributed by atoms with Crippen LogP contribution in [0.15, 0.2) is 22.8 Å². The van der Waals surface area contributed by atoms with E-state index in [4.69, 9.17) is 9.68 Å². The van der Waals surface area contributed by atoms with Gasteiger partial charge in [-0.25, -0.2) is 0 Å². The van der Waals surface area contributed by atoms with Crippen molar-refractivity contribution in [2.75, 3.05) is 0 Å². The van der Waals surface area contributed by atoms with Crippen LogP contribution in [0.25, 0.3) is 0 Å². The molecule has 0 aliphatic heterocycles. The molecule has 0 saturated heterocycles. The van der Waals surface area contributed by atoms with Gasteiger partial charge in [0.15, 0.2) is 0 Å². The highest BCUT2D eigenvalue weighted by Crippen LogP contribution is 2.33. The molecule has 2 rings (SSSR count). The van der Waals surface area contributed by atoms with E-state index in [9.17, 15) is 0 Å². The first kappa shape index (κ1) is 11.6. The van der Waals surface area contributed by atoms with E-state index in [1.165, 1.54) is 25.7 Å². The lowest BCUT2D eigenvalue weighted by Gasteiger charge is -2.17. The fourth-order valence-electron chi connectivity index (χ4n) is 2.20. The van der Waals surface area contributed by atoms with Gasteiger partial charge in [-0.1, -0.05) is 19.3 Å². The quantitative estimate of drug-likeness (QED) is 0.743. The summed E-state index contributed by atoms with van der Waals surface area (Å²) in [6.45, 7) is 0. The van der Waals surface area contributed by atoms with Crippen LogP contribution < -0.4 is 0 Å². The highest BCUT2D eigenvalue weighted by atomic mass is 32.2. The van der Waals surface area contributed by atoms with Crippen LogP contribution in [0.4, 0.5) is 0 Å². The highest BCUT2D eigenvalue weighted by Gasteiger charge is 2.23. The van der Waals surface area contributed by atoms with E-state index in [2.05, 4.69) is 6.07 Å². The minimum Gasteiger partial charge on any atom is -0.468 e. The molecule has 0 bridgehead atoms. The molecule has 1 aliphatic rings. The van der Waals surface area contributed by atoms with Crippen molar-refractivity contribution in [2.24, 2.45) is 5.92 Å². The van der Waals surface area contributed by atoms with Crippen molar-refractivity contribution in [3.63, 3.8) is 0 Å². The van der Waals surface area contributed by atoms with E-state index in [0.717, 1.165) is 17.9 Å². The molecule has 1 aromatic rings. The summed E-state index contributed by atoms with van der Waals surface area (Å²) in [7, 11) is 0. The maximum atomic E-state index is 9.16. The molecule has 0 N–H and O–H groups in total. The number of hydrogen-bond acceptors (Lipinski definition) is 3. The number of thioether (sulfide) groups is 1. The third-order valence-corrected chi connectivity index (χ3v) is 4.58. The van der Waals surface area contributed by atoms with Crippen LogP contribution >= 0.6 is 11.8 Å². The van der Waals surface area contributed by atoms with E-state index in [1.807, 2.05) is 23.9 Å². The molecule has 16 heavy (non-hydrogen) atoms. The first-order chi connectivity index (χ1) is 7.90. The molecule has 2 unspecified atom stereocenters. The SMILES string of the molecule is N#CC1CCCCCC1SCc1ccco1. The Bertz CT molecular complexity index is 341. The topological polar surface area (TPSA) is 36.9 Å². The first-order valence-corrected chi connectivity index (χ1v) is 6.98. The summed E-state index contributed by atoms with van der Waals surface area (Å²) < 4.78 is 5.32. The fourth-order valence-corrected chi connectivity index (χ4v) is 3.51. The minimum absolute atomic E-state index is 0.238. The molecular formula is C13H17NOS. The predicted molar refractivity (Wildman–Crippen MR) is 66.0 cm³/mol. The Morgan fingerprint density at radius 3 is 3.00 bits per heavy atom. The van der Waals surface area contributed by atoms with Crippen molar-refractivity contribution in [1.29, 1.82) is 5.26 Å². The molecule has 1 fully saturated rings. The average Bonchev–Trinajstić information content (AvgIpc) is 2.71. The Kier molecular flexibility index (Phi) is 4.35. The molecule has 1 aliphatic carbocycles. The van der Waals surface area contributed by atoms with Crippen molar-refractivity contribution in [1.82, 2.24) is 0 Å². The Labute approximate surface area is 101 Å². The molecule has 0 aromatic carbocycles. The van der Waals surface area contributed by atoms with Gasteiger partial charge in [0.1, 0.15) is 5.76 Å². The molecule has 86 valence electrons. The van der Waals surface area contributed by atoms with E-state index in [0.29, 0.717) is 5.25 Å². The zero-order valence-corrected chi connectivity index (χ0v) is 10.2. The standard InChI is InChI=1S/C13H17NOS/c14-9-11-5-2-1-3-7-13(11)16-10-12-6-4-8-15-12/h4,6,8,11,13H,1-3,5,7,10H2. The Balaban J connectivity index is 1.88. The van der Waals surface area contributed by atoms with Crippen molar-refractivity contribution in [3.05, 3.63) is 24.2 Å². The van der Waals surface area contributed by atoms with Crippen LogP contribution in [0.5, 0.6) is 0 Å². The molecule has 1 saturated carbocycles. The molecule has 1 heterocycles. The van der Waals surface area contributed by atoms with Gasteiger partial charge in [0, 0.05) is 5.25 Å². The predicted octanol–water partition coefficient (Wildman–Crippen LogP) is 3.99. The van der Waals surface area contributed by atoms with Crippen LogP contribution in [0.2, 0.25) is 0 Å². The number of furan rings is 1. The van der Waals surface area contributed by atoms with Crippen LogP contribution in [-0.2, 0) is 5.75 Å². The van der Waals surface area contributed by atoms with Crippen LogP contribution in [0, 0.1) is 17.2 Å². The normalized spacial score (nSPS) is 25.9. The van der Waals surface area contributed by atoms with Crippen molar-refractivity contribution in [2.45, 2.75) is 43.1 Å². The summed E-state index contributed by atoms with van der Waals surface area (Å²) in [5.41, 5.74) is 0. The summed E-state index contributed by atoms with van der Waals surface area (Å²) in [6, 6.07) is 6.40. The molecule has 0 amide bonds. The molecule has 2 atom stereocenters. The lowest BCUT2D eigenvalue weighted by Crippen LogP contribution is -2.14. The zero-order valence-electron chi connectivity index (χ0n) is 9.39. The molecule has 0 radical (unpaired) electrons. The van der Waals surface area contributed by atoms with Crippen molar-refractivity contribution in [3.8, 4) is 6.07 Å². The monoisotopic (exact) mass is 235 g/mol. The highest BCUT2D eigenvalue weighted by molar-refractivity contribution is 7.99. The molecule has 0 spiro atoms. The van der Waals surface area contributed by atoms with E-state index < -0.39 is 0 Å². The van der Waals surface area contributed by atoms with E-state index >= 15 is 0 Å².